The summed E-state index contributed by atoms with van der Waals surface area (Å²) in [6, 6.07) is 5.27. The van der Waals surface area contributed by atoms with Crippen molar-refractivity contribution in [2.24, 2.45) is 0 Å². The van der Waals surface area contributed by atoms with Crippen molar-refractivity contribution in [2.75, 3.05) is 17.1 Å². The van der Waals surface area contributed by atoms with E-state index in [1.165, 1.54) is 13.2 Å². The van der Waals surface area contributed by atoms with Crippen molar-refractivity contribution in [3.63, 3.8) is 0 Å². The predicted molar refractivity (Wildman–Crippen MR) is 94.1 cm³/mol. The van der Waals surface area contributed by atoms with Crippen molar-refractivity contribution >= 4 is 27.3 Å². The second-order valence-electron chi connectivity index (χ2n) is 5.56. The average molecular weight is 420 g/mol. The summed E-state index contributed by atoms with van der Waals surface area (Å²) in [5.74, 6) is -1.72. The van der Waals surface area contributed by atoms with Gasteiger partial charge in [0.25, 0.3) is 10.0 Å². The Morgan fingerprint density at radius 2 is 1.82 bits per heavy atom. The Hall–Kier alpha value is -2.82. The summed E-state index contributed by atoms with van der Waals surface area (Å²) >= 11 is 0. The van der Waals surface area contributed by atoms with E-state index in [1.807, 2.05) is 4.72 Å². The van der Waals surface area contributed by atoms with Gasteiger partial charge in [-0.15, -0.1) is 0 Å². The standard InChI is InChI=1S/C17H16F4N2O4S/c1-3-16(24)22-14-9-11(5-7-15(14)27-2)28(25,26)23-10-4-6-13(18)12(8-10)17(19,20)21/h4-9,23H,3H2,1-2H3,(H,22,24). The van der Waals surface area contributed by atoms with Crippen LogP contribution in [0.4, 0.5) is 28.9 Å². The van der Waals surface area contributed by atoms with Gasteiger partial charge in [-0.2, -0.15) is 13.2 Å². The van der Waals surface area contributed by atoms with Crippen molar-refractivity contribution in [3.05, 3.63) is 47.8 Å². The van der Waals surface area contributed by atoms with Gasteiger partial charge in [-0.05, 0) is 36.4 Å². The molecule has 152 valence electrons. The summed E-state index contributed by atoms with van der Waals surface area (Å²) in [6.45, 7) is 1.59. The second kappa shape index (κ2) is 8.05. The number of anilines is 2. The van der Waals surface area contributed by atoms with Gasteiger partial charge in [-0.3, -0.25) is 9.52 Å². The molecule has 0 spiro atoms. The first-order valence-corrected chi connectivity index (χ1v) is 9.33. The molecule has 11 heteroatoms. The van der Waals surface area contributed by atoms with Gasteiger partial charge in [0.1, 0.15) is 11.6 Å². The van der Waals surface area contributed by atoms with E-state index in [0.29, 0.717) is 12.1 Å². The molecule has 28 heavy (non-hydrogen) atoms. The lowest BCUT2D eigenvalue weighted by Gasteiger charge is -2.14. The molecule has 0 heterocycles. The Balaban J connectivity index is 2.40. The summed E-state index contributed by atoms with van der Waals surface area (Å²) in [6.07, 6.45) is -4.85. The van der Waals surface area contributed by atoms with Crippen LogP contribution in [0.5, 0.6) is 5.75 Å². The number of amides is 1. The van der Waals surface area contributed by atoms with E-state index in [4.69, 9.17) is 4.74 Å². The lowest BCUT2D eigenvalue weighted by Crippen LogP contribution is -2.16. The fraction of sp³-hybridized carbons (Fsp3) is 0.235. The zero-order valence-electron chi connectivity index (χ0n) is 14.7. The number of halogens is 4. The lowest BCUT2D eigenvalue weighted by atomic mass is 10.2. The minimum absolute atomic E-state index is 0.0762. The highest BCUT2D eigenvalue weighted by atomic mass is 32.2. The molecule has 0 aliphatic heterocycles. The van der Waals surface area contributed by atoms with Gasteiger partial charge in [0.2, 0.25) is 5.91 Å². The molecule has 2 aromatic rings. The third kappa shape index (κ3) is 4.91. The van der Waals surface area contributed by atoms with E-state index in [0.717, 1.165) is 18.2 Å². The minimum atomic E-state index is -4.98. The molecule has 0 aromatic heterocycles. The van der Waals surface area contributed by atoms with Crippen LogP contribution in [0.15, 0.2) is 41.3 Å². The van der Waals surface area contributed by atoms with Crippen LogP contribution in [0.25, 0.3) is 0 Å². The number of sulfonamides is 1. The van der Waals surface area contributed by atoms with E-state index in [9.17, 15) is 30.8 Å². The minimum Gasteiger partial charge on any atom is -0.495 e. The summed E-state index contributed by atoms with van der Waals surface area (Å²) in [5.41, 5.74) is -1.99. The molecule has 2 N–H and O–H groups in total. The molecule has 0 saturated heterocycles. The topological polar surface area (TPSA) is 84.5 Å². The fourth-order valence-corrected chi connectivity index (χ4v) is 3.29. The van der Waals surface area contributed by atoms with E-state index in [-0.39, 0.29) is 22.8 Å². The molecule has 0 unspecified atom stereocenters. The van der Waals surface area contributed by atoms with E-state index in [1.54, 1.807) is 6.92 Å². The Labute approximate surface area is 158 Å². The van der Waals surface area contributed by atoms with Gasteiger partial charge in [-0.1, -0.05) is 6.92 Å². The number of hydrogen-bond acceptors (Lipinski definition) is 4. The van der Waals surface area contributed by atoms with E-state index >= 15 is 0 Å². The van der Waals surface area contributed by atoms with Crippen molar-refractivity contribution in [2.45, 2.75) is 24.4 Å². The Morgan fingerprint density at radius 1 is 1.14 bits per heavy atom. The number of methoxy groups -OCH3 is 1. The largest absolute Gasteiger partial charge is 0.495 e. The van der Waals surface area contributed by atoms with Crippen molar-refractivity contribution < 1.29 is 35.5 Å². The summed E-state index contributed by atoms with van der Waals surface area (Å²) < 4.78 is 83.8. The molecule has 2 rings (SSSR count). The monoisotopic (exact) mass is 420 g/mol. The molecular weight excluding hydrogens is 404 g/mol. The van der Waals surface area contributed by atoms with Crippen LogP contribution in [0, 0.1) is 5.82 Å². The third-order valence-corrected chi connectivity index (χ3v) is 4.98. The highest BCUT2D eigenvalue weighted by Crippen LogP contribution is 2.34. The smallest absolute Gasteiger partial charge is 0.419 e. The van der Waals surface area contributed by atoms with E-state index < -0.39 is 39.2 Å². The van der Waals surface area contributed by atoms with E-state index in [2.05, 4.69) is 5.32 Å². The van der Waals surface area contributed by atoms with Crippen molar-refractivity contribution in [1.29, 1.82) is 0 Å². The predicted octanol–water partition coefficient (Wildman–Crippen LogP) is 4.00. The first-order chi connectivity index (χ1) is 13.0. The number of ether oxygens (including phenoxy) is 1. The average Bonchev–Trinajstić information content (AvgIpc) is 2.62. The maximum Gasteiger partial charge on any atom is 0.419 e. The number of carbonyl (C=O) groups is 1. The van der Waals surface area contributed by atoms with Gasteiger partial charge >= 0.3 is 6.18 Å². The summed E-state index contributed by atoms with van der Waals surface area (Å²) in [5, 5.41) is 2.47. The Morgan fingerprint density at radius 3 is 2.39 bits per heavy atom. The number of hydrogen-bond donors (Lipinski definition) is 2. The zero-order chi connectivity index (χ0) is 21.1. The van der Waals surface area contributed by atoms with Crippen LogP contribution in [0.2, 0.25) is 0 Å². The fourth-order valence-electron chi connectivity index (χ4n) is 2.21. The van der Waals surface area contributed by atoms with Crippen LogP contribution < -0.4 is 14.8 Å². The third-order valence-electron chi connectivity index (χ3n) is 3.60. The number of nitrogens with one attached hydrogen (secondary N) is 2. The maximum absolute atomic E-state index is 13.4. The SMILES string of the molecule is CCC(=O)Nc1cc(S(=O)(=O)Nc2ccc(F)c(C(F)(F)F)c2)ccc1OC. The zero-order valence-corrected chi connectivity index (χ0v) is 15.5. The van der Waals surface area contributed by atoms with Crippen LogP contribution in [-0.2, 0) is 21.0 Å². The molecule has 0 radical (unpaired) electrons. The van der Waals surface area contributed by atoms with Gasteiger partial charge in [0, 0.05) is 12.1 Å². The lowest BCUT2D eigenvalue weighted by molar-refractivity contribution is -0.139. The molecule has 0 aliphatic rings. The first kappa shape index (κ1) is 21.5. The normalized spacial score (nSPS) is 11.8. The van der Waals surface area contributed by atoms with Crippen LogP contribution >= 0.6 is 0 Å². The van der Waals surface area contributed by atoms with Gasteiger partial charge in [-0.25, -0.2) is 12.8 Å². The highest BCUT2D eigenvalue weighted by molar-refractivity contribution is 7.92. The number of benzene rings is 2. The van der Waals surface area contributed by atoms with Crippen LogP contribution in [0.3, 0.4) is 0 Å². The molecule has 0 saturated carbocycles. The molecule has 6 nitrogen and oxygen atoms in total. The van der Waals surface area contributed by atoms with Crippen molar-refractivity contribution in [1.82, 2.24) is 0 Å². The molecule has 0 bridgehead atoms. The van der Waals surface area contributed by atoms with Crippen LogP contribution in [0.1, 0.15) is 18.9 Å². The quantitative estimate of drug-likeness (QED) is 0.692. The van der Waals surface area contributed by atoms with Crippen molar-refractivity contribution in [3.8, 4) is 5.75 Å². The summed E-state index contributed by atoms with van der Waals surface area (Å²) in [4.78, 5) is 11.3. The van der Waals surface area contributed by atoms with Gasteiger partial charge in [0.15, 0.2) is 0 Å². The number of alkyl halides is 3. The number of carbonyl (C=O) groups excluding carboxylic acids is 1. The summed E-state index contributed by atoms with van der Waals surface area (Å²) in [7, 11) is -3.01. The molecule has 1 amide bonds. The number of rotatable bonds is 6. The molecule has 0 atom stereocenters. The Bertz CT molecular complexity index is 991. The maximum atomic E-state index is 13.4. The Kier molecular flexibility index (Phi) is 6.17. The van der Waals surface area contributed by atoms with Gasteiger partial charge < -0.3 is 10.1 Å². The van der Waals surface area contributed by atoms with Crippen LogP contribution in [-0.4, -0.2) is 21.4 Å². The van der Waals surface area contributed by atoms with Gasteiger partial charge in [0.05, 0.1) is 23.3 Å². The second-order valence-corrected chi connectivity index (χ2v) is 7.24. The first-order valence-electron chi connectivity index (χ1n) is 7.85. The molecular formula is C17H16F4N2O4S. The molecule has 2 aromatic carbocycles. The molecule has 0 aliphatic carbocycles. The highest BCUT2D eigenvalue weighted by Gasteiger charge is 2.34. The molecule has 0 fully saturated rings.